The molecular formula is C15H11Cl2FO. The van der Waals surface area contributed by atoms with Crippen molar-refractivity contribution in [2.45, 2.75) is 13.3 Å². The second kappa shape index (κ2) is 5.72. The van der Waals surface area contributed by atoms with E-state index >= 15 is 0 Å². The van der Waals surface area contributed by atoms with Crippen LogP contribution in [0.2, 0.25) is 10.0 Å². The van der Waals surface area contributed by atoms with Crippen LogP contribution in [0.4, 0.5) is 4.39 Å². The van der Waals surface area contributed by atoms with Crippen LogP contribution in [-0.2, 0) is 6.42 Å². The summed E-state index contributed by atoms with van der Waals surface area (Å²) in [6, 6.07) is 9.67. The van der Waals surface area contributed by atoms with Gasteiger partial charge in [-0.1, -0.05) is 35.3 Å². The standard InChI is InChI=1S/C15H11Cl2FO/c1-9-6-12(13(17)8-14(9)18)15(19)7-10-2-4-11(16)5-3-10/h2-6,8H,7H2,1H3. The van der Waals surface area contributed by atoms with Gasteiger partial charge >= 0.3 is 0 Å². The van der Waals surface area contributed by atoms with Crippen LogP contribution in [0.3, 0.4) is 0 Å². The molecule has 1 nitrogen and oxygen atoms in total. The lowest BCUT2D eigenvalue weighted by molar-refractivity contribution is 0.0993. The van der Waals surface area contributed by atoms with Crippen LogP contribution in [0.1, 0.15) is 21.5 Å². The van der Waals surface area contributed by atoms with Crippen LogP contribution in [0.25, 0.3) is 0 Å². The third-order valence-corrected chi connectivity index (χ3v) is 3.39. The largest absolute Gasteiger partial charge is 0.294 e. The number of benzene rings is 2. The molecule has 0 saturated heterocycles. The van der Waals surface area contributed by atoms with Crippen molar-refractivity contribution < 1.29 is 9.18 Å². The number of aryl methyl sites for hydroxylation is 1. The van der Waals surface area contributed by atoms with Crippen molar-refractivity contribution in [1.29, 1.82) is 0 Å². The van der Waals surface area contributed by atoms with E-state index in [1.807, 2.05) is 0 Å². The zero-order valence-corrected chi connectivity index (χ0v) is 11.7. The Labute approximate surface area is 121 Å². The Bertz CT molecular complexity index is 621. The average Bonchev–Trinajstić information content (AvgIpc) is 2.36. The average molecular weight is 297 g/mol. The summed E-state index contributed by atoms with van der Waals surface area (Å²) in [4.78, 5) is 12.1. The predicted octanol–water partition coefficient (Wildman–Crippen LogP) is 4.87. The summed E-state index contributed by atoms with van der Waals surface area (Å²) in [5.41, 5.74) is 1.59. The van der Waals surface area contributed by atoms with E-state index in [0.29, 0.717) is 16.1 Å². The van der Waals surface area contributed by atoms with Crippen molar-refractivity contribution in [3.05, 3.63) is 69.0 Å². The van der Waals surface area contributed by atoms with Crippen molar-refractivity contribution in [3.63, 3.8) is 0 Å². The molecule has 0 spiro atoms. The molecule has 0 N–H and O–H groups in total. The van der Waals surface area contributed by atoms with Gasteiger partial charge in [0.1, 0.15) is 5.82 Å². The Kier molecular flexibility index (Phi) is 4.23. The van der Waals surface area contributed by atoms with Crippen LogP contribution in [0.15, 0.2) is 36.4 Å². The van der Waals surface area contributed by atoms with Crippen LogP contribution in [-0.4, -0.2) is 5.78 Å². The molecular weight excluding hydrogens is 286 g/mol. The normalized spacial score (nSPS) is 10.5. The maximum Gasteiger partial charge on any atom is 0.168 e. The van der Waals surface area contributed by atoms with Gasteiger partial charge in [0.15, 0.2) is 5.78 Å². The number of halogens is 3. The van der Waals surface area contributed by atoms with Gasteiger partial charge in [0, 0.05) is 17.0 Å². The van der Waals surface area contributed by atoms with Gasteiger partial charge in [-0.15, -0.1) is 0 Å². The number of carbonyl (C=O) groups is 1. The highest BCUT2D eigenvalue weighted by Gasteiger charge is 2.13. The lowest BCUT2D eigenvalue weighted by Gasteiger charge is -2.06. The molecule has 0 saturated carbocycles. The quantitative estimate of drug-likeness (QED) is 0.739. The molecule has 0 fully saturated rings. The molecule has 2 rings (SSSR count). The van der Waals surface area contributed by atoms with Crippen LogP contribution in [0, 0.1) is 12.7 Å². The first-order valence-corrected chi connectivity index (χ1v) is 6.46. The zero-order valence-electron chi connectivity index (χ0n) is 10.2. The molecule has 0 aliphatic heterocycles. The van der Waals surface area contributed by atoms with Gasteiger partial charge in [-0.25, -0.2) is 4.39 Å². The second-order valence-corrected chi connectivity index (χ2v) is 5.15. The Balaban J connectivity index is 2.25. The Hall–Kier alpha value is -1.38. The minimum atomic E-state index is -0.409. The van der Waals surface area contributed by atoms with Crippen LogP contribution < -0.4 is 0 Å². The molecule has 4 heteroatoms. The number of rotatable bonds is 3. The third-order valence-electron chi connectivity index (χ3n) is 2.83. The second-order valence-electron chi connectivity index (χ2n) is 4.31. The van der Waals surface area contributed by atoms with E-state index in [0.717, 1.165) is 5.56 Å². The molecule has 19 heavy (non-hydrogen) atoms. The first kappa shape index (κ1) is 14.0. The number of Topliss-reactive ketones (excluding diaryl/α,β-unsaturated/α-hetero) is 1. The first-order valence-electron chi connectivity index (χ1n) is 5.70. The van der Waals surface area contributed by atoms with Crippen LogP contribution >= 0.6 is 23.2 Å². The van der Waals surface area contributed by atoms with Gasteiger partial charge < -0.3 is 0 Å². The topological polar surface area (TPSA) is 17.1 Å². The van der Waals surface area contributed by atoms with Crippen molar-refractivity contribution in [3.8, 4) is 0 Å². The summed E-state index contributed by atoms with van der Waals surface area (Å²) in [5, 5.41) is 0.758. The van der Waals surface area contributed by atoms with Gasteiger partial charge in [0.05, 0.1) is 5.02 Å². The molecule has 0 amide bonds. The fourth-order valence-electron chi connectivity index (χ4n) is 1.75. The van der Waals surface area contributed by atoms with E-state index in [4.69, 9.17) is 23.2 Å². The summed E-state index contributed by atoms with van der Waals surface area (Å²) >= 11 is 11.7. The Morgan fingerprint density at radius 2 is 1.79 bits per heavy atom. The lowest BCUT2D eigenvalue weighted by Crippen LogP contribution is -2.05. The van der Waals surface area contributed by atoms with Crippen molar-refractivity contribution >= 4 is 29.0 Å². The summed E-state index contributed by atoms with van der Waals surface area (Å²) < 4.78 is 13.3. The zero-order chi connectivity index (χ0) is 14.0. The molecule has 0 aliphatic carbocycles. The summed E-state index contributed by atoms with van der Waals surface area (Å²) in [6.07, 6.45) is 0.210. The SMILES string of the molecule is Cc1cc(C(=O)Cc2ccc(Cl)cc2)c(Cl)cc1F. The molecule has 0 bridgehead atoms. The summed E-state index contributed by atoms with van der Waals surface area (Å²) in [6.45, 7) is 1.60. The van der Waals surface area contributed by atoms with Gasteiger partial charge in [-0.3, -0.25) is 4.79 Å². The van der Waals surface area contributed by atoms with Gasteiger partial charge in [0.25, 0.3) is 0 Å². The molecule has 0 aromatic heterocycles. The highest BCUT2D eigenvalue weighted by atomic mass is 35.5. The number of carbonyl (C=O) groups excluding carboxylic acids is 1. The number of hydrogen-bond donors (Lipinski definition) is 0. The molecule has 0 heterocycles. The van der Waals surface area contributed by atoms with E-state index in [9.17, 15) is 9.18 Å². The van der Waals surface area contributed by atoms with E-state index < -0.39 is 5.82 Å². The highest BCUT2D eigenvalue weighted by molar-refractivity contribution is 6.34. The Morgan fingerprint density at radius 3 is 2.42 bits per heavy atom. The molecule has 2 aromatic carbocycles. The molecule has 0 aliphatic rings. The van der Waals surface area contributed by atoms with Gasteiger partial charge in [0.2, 0.25) is 0 Å². The molecule has 0 radical (unpaired) electrons. The monoisotopic (exact) mass is 296 g/mol. The maximum atomic E-state index is 13.3. The van der Waals surface area contributed by atoms with E-state index in [1.54, 1.807) is 31.2 Å². The van der Waals surface area contributed by atoms with Crippen molar-refractivity contribution in [2.75, 3.05) is 0 Å². The fourth-order valence-corrected chi connectivity index (χ4v) is 2.14. The fraction of sp³-hybridized carbons (Fsp3) is 0.133. The van der Waals surface area contributed by atoms with Gasteiger partial charge in [-0.2, -0.15) is 0 Å². The minimum Gasteiger partial charge on any atom is -0.294 e. The third kappa shape index (κ3) is 3.34. The van der Waals surface area contributed by atoms with E-state index in [2.05, 4.69) is 0 Å². The van der Waals surface area contributed by atoms with E-state index in [-0.39, 0.29) is 17.2 Å². The molecule has 98 valence electrons. The minimum absolute atomic E-state index is 0.141. The molecule has 2 aromatic rings. The number of hydrogen-bond acceptors (Lipinski definition) is 1. The molecule has 0 unspecified atom stereocenters. The highest BCUT2D eigenvalue weighted by Crippen LogP contribution is 2.22. The Morgan fingerprint density at radius 1 is 1.16 bits per heavy atom. The predicted molar refractivity (Wildman–Crippen MR) is 75.6 cm³/mol. The summed E-state index contributed by atoms with van der Waals surface area (Å²) in [5.74, 6) is -0.552. The van der Waals surface area contributed by atoms with Gasteiger partial charge in [-0.05, 0) is 42.3 Å². The van der Waals surface area contributed by atoms with Crippen LogP contribution in [0.5, 0.6) is 0 Å². The number of ketones is 1. The maximum absolute atomic E-state index is 13.3. The van der Waals surface area contributed by atoms with Crippen molar-refractivity contribution in [1.82, 2.24) is 0 Å². The lowest BCUT2D eigenvalue weighted by atomic mass is 10.0. The summed E-state index contributed by atoms with van der Waals surface area (Å²) in [7, 11) is 0. The molecule has 0 atom stereocenters. The van der Waals surface area contributed by atoms with Crippen molar-refractivity contribution in [2.24, 2.45) is 0 Å². The smallest absolute Gasteiger partial charge is 0.168 e. The van der Waals surface area contributed by atoms with E-state index in [1.165, 1.54) is 12.1 Å². The first-order chi connectivity index (χ1) is 8.97.